The number of aromatic nitrogens is 1. The average Bonchev–Trinajstić information content (AvgIpc) is 1.12. The van der Waals surface area contributed by atoms with Gasteiger partial charge in [0.2, 0.25) is 29.5 Å². The van der Waals surface area contributed by atoms with E-state index in [0.29, 0.717) is 131 Å². The second kappa shape index (κ2) is 32.9. The number of hydrogen-bond donors (Lipinski definition) is 7. The molecule has 0 saturated heterocycles. The highest BCUT2D eigenvalue weighted by molar-refractivity contribution is 6.19. The number of amides is 9. The van der Waals surface area contributed by atoms with Crippen LogP contribution in [0.25, 0.3) is 10.9 Å². The Bertz CT molecular complexity index is 3330. The number of imide groups is 1. The number of allylic oxidation sites excluding steroid dienone is 3. The van der Waals surface area contributed by atoms with Crippen molar-refractivity contribution in [1.29, 1.82) is 0 Å². The molecule has 1 aromatic heterocycles. The van der Waals surface area contributed by atoms with Crippen LogP contribution in [0.4, 0.5) is 21.0 Å². The smallest absolute Gasteiger partial charge is 0.415 e. The van der Waals surface area contributed by atoms with Gasteiger partial charge in [0, 0.05) is 99.2 Å². The molecule has 3 fully saturated rings. The molecule has 29 heteroatoms. The van der Waals surface area contributed by atoms with Crippen molar-refractivity contribution in [3.63, 3.8) is 0 Å². The molecular weight excluding hydrogens is 1230 g/mol. The molecule has 93 heavy (non-hydrogen) atoms. The van der Waals surface area contributed by atoms with Crippen LogP contribution in [0.3, 0.4) is 0 Å². The van der Waals surface area contributed by atoms with Gasteiger partial charge < -0.3 is 89.7 Å². The van der Waals surface area contributed by atoms with E-state index < -0.39 is 53.3 Å². The Hall–Kier alpha value is -8.38. The number of nitrogens with two attached hydrogens (primary N) is 1. The van der Waals surface area contributed by atoms with Gasteiger partial charge >= 0.3 is 12.2 Å². The predicted octanol–water partition coefficient (Wildman–Crippen LogP) is 4.07. The molecule has 2 bridgehead atoms. The fraction of sp³-hybridized carbons (Fsp3) is 0.516. The van der Waals surface area contributed by atoms with E-state index in [1.807, 2.05) is 6.92 Å². The zero-order valence-electron chi connectivity index (χ0n) is 52.9. The van der Waals surface area contributed by atoms with Gasteiger partial charge in [0.25, 0.3) is 11.8 Å². The second-order valence-corrected chi connectivity index (χ2v) is 23.9. The molecule has 4 aliphatic carbocycles. The number of alkyl halides is 1. The molecule has 0 spiro atoms. The molecule has 9 rings (SSSR count). The number of carbonyl (C=O) groups excluding carboxylic acids is 9. The number of anilines is 2. The SMILES string of the molecule is C=C(C)[C@H](NC(=O)CCOCCOCCOCCOCCOCCOCCN1C(=O)C=CC1=O)C(=O)NCC(=O)Nc1ccc(COC(=O)N(C)CCN(C)C(=O)Oc2cc3c(c4c(C)c[nH]c24)[C@H](CCl)CN3C(=O)C23CC(C(=O)NC4=CC(O)=C(N)CC4)(C2)C3)cc1. The summed E-state index contributed by atoms with van der Waals surface area (Å²) in [4.78, 5) is 125. The van der Waals surface area contributed by atoms with Crippen LogP contribution < -0.4 is 36.6 Å². The number of aliphatic hydroxyl groups is 1. The van der Waals surface area contributed by atoms with Crippen LogP contribution in [0.1, 0.15) is 68.1 Å². The van der Waals surface area contributed by atoms with E-state index in [9.17, 15) is 48.3 Å². The van der Waals surface area contributed by atoms with E-state index in [0.717, 1.165) is 21.4 Å². The van der Waals surface area contributed by atoms with E-state index in [4.69, 9.17) is 55.2 Å². The number of aliphatic hydroxyl groups excluding tert-OH is 1. The minimum Gasteiger partial charge on any atom is -0.506 e. The highest BCUT2D eigenvalue weighted by atomic mass is 35.5. The van der Waals surface area contributed by atoms with Crippen LogP contribution in [0.2, 0.25) is 0 Å². The minimum atomic E-state index is -1.10. The zero-order valence-corrected chi connectivity index (χ0v) is 53.6. The van der Waals surface area contributed by atoms with Crippen LogP contribution in [0, 0.1) is 17.8 Å². The molecule has 2 aliphatic heterocycles. The summed E-state index contributed by atoms with van der Waals surface area (Å²) in [5.74, 6) is -2.40. The molecule has 2 atom stereocenters. The lowest BCUT2D eigenvalue weighted by Gasteiger charge is -2.68. The van der Waals surface area contributed by atoms with Crippen LogP contribution in [-0.2, 0) is 73.3 Å². The van der Waals surface area contributed by atoms with E-state index in [2.05, 4.69) is 32.8 Å². The van der Waals surface area contributed by atoms with Gasteiger partial charge in [-0.15, -0.1) is 11.6 Å². The van der Waals surface area contributed by atoms with Gasteiger partial charge in [-0.1, -0.05) is 18.7 Å². The molecule has 0 radical (unpaired) electrons. The summed E-state index contributed by atoms with van der Waals surface area (Å²) in [5, 5.41) is 21.6. The summed E-state index contributed by atoms with van der Waals surface area (Å²) in [6.45, 7) is 11.1. The van der Waals surface area contributed by atoms with Gasteiger partial charge in [-0.05, 0) is 80.3 Å². The lowest BCUT2D eigenvalue weighted by molar-refractivity contribution is -0.206. The molecule has 3 aromatic rings. The first-order chi connectivity index (χ1) is 44.6. The van der Waals surface area contributed by atoms with Crippen molar-refractivity contribution >= 4 is 87.4 Å². The van der Waals surface area contributed by atoms with Crippen molar-refractivity contribution in [1.82, 2.24) is 35.6 Å². The fourth-order valence-electron chi connectivity index (χ4n) is 11.4. The zero-order chi connectivity index (χ0) is 66.8. The van der Waals surface area contributed by atoms with Crippen molar-refractivity contribution in [3.05, 3.63) is 101 Å². The first-order valence-electron chi connectivity index (χ1n) is 30.8. The highest BCUT2D eigenvalue weighted by Crippen LogP contribution is 2.74. The van der Waals surface area contributed by atoms with Crippen molar-refractivity contribution in [2.24, 2.45) is 16.6 Å². The van der Waals surface area contributed by atoms with Crippen molar-refractivity contribution in [2.45, 2.75) is 70.9 Å². The third-order valence-electron chi connectivity index (χ3n) is 16.6. The number of likely N-dealkylation sites (N-methyl/N-ethyl adjacent to an activating group) is 2. The Morgan fingerprint density at radius 1 is 0.796 bits per heavy atom. The summed E-state index contributed by atoms with van der Waals surface area (Å²) in [7, 11) is 3.06. The molecule has 2 aromatic carbocycles. The maximum atomic E-state index is 14.5. The summed E-state index contributed by atoms with van der Waals surface area (Å²) >= 11 is 6.56. The number of nitrogens with zero attached hydrogens (tertiary/aromatic N) is 4. The van der Waals surface area contributed by atoms with E-state index in [1.54, 1.807) is 48.4 Å². The first kappa shape index (κ1) is 70.5. The van der Waals surface area contributed by atoms with Crippen molar-refractivity contribution in [3.8, 4) is 5.75 Å². The number of carbonyl (C=O) groups is 9. The van der Waals surface area contributed by atoms with Gasteiger partial charge in [0.05, 0.1) is 120 Å². The average molecular weight is 1320 g/mol. The van der Waals surface area contributed by atoms with Gasteiger partial charge in [-0.3, -0.25) is 38.5 Å². The molecule has 3 heterocycles. The molecule has 3 saturated carbocycles. The number of hydrogen-bond acceptors (Lipinski definition) is 19. The van der Waals surface area contributed by atoms with Crippen LogP contribution in [-0.4, -0.2) is 216 Å². The standard InChI is InChI=1S/C64H83ClN10O18/c1-40(2)56(71-50(77)14-18-86-20-22-88-24-26-90-28-29-91-27-25-89-23-21-87-19-17-74-52(79)12-13-53(74)80)58(81)68-34-51(78)69-44-8-6-42(7-9-44)36-92-61(84)72(4)15-16-73(5)62(85)93-49-31-47-55(54-41(3)33-67-57(49)54)43(32-65)35-75(47)60(83)64-37-63(38-64,39-64)59(82)70-45-10-11-46(66)48(76)30-45/h6-9,12-13,30-31,33,43,56,67,76H,1,10-11,14-29,32,34-39,66H2,2-5H3,(H,68,81)(H,69,78)(H,70,82)(H,71,77)/t43-,56+,63?,64?/m1/s1. The topological polar surface area (TPSA) is 351 Å². The van der Waals surface area contributed by atoms with Gasteiger partial charge in [0.1, 0.15) is 18.4 Å². The summed E-state index contributed by atoms with van der Waals surface area (Å²) in [5.41, 5.74) is 9.67. The number of rotatable bonds is 37. The number of nitrogens with one attached hydrogen (secondary N) is 5. The number of H-pyrrole nitrogens is 1. The molecule has 8 N–H and O–H groups in total. The summed E-state index contributed by atoms with van der Waals surface area (Å²) in [6, 6.07) is 7.10. The fourth-order valence-corrected chi connectivity index (χ4v) is 11.7. The largest absolute Gasteiger partial charge is 0.506 e. The number of fused-ring (bicyclic) bond motifs is 3. The molecule has 6 aliphatic rings. The Labute approximate surface area is 543 Å². The van der Waals surface area contributed by atoms with Crippen LogP contribution in [0.15, 0.2) is 84.1 Å². The number of ether oxygens (including phenoxy) is 8. The number of halogens is 1. The van der Waals surface area contributed by atoms with E-state index in [1.165, 1.54) is 42.1 Å². The third-order valence-corrected chi connectivity index (χ3v) is 17.0. The molecule has 9 amide bonds. The molecule has 28 nitrogen and oxygen atoms in total. The number of benzene rings is 2. The Kier molecular flexibility index (Phi) is 25.0. The summed E-state index contributed by atoms with van der Waals surface area (Å²) < 4.78 is 44.3. The maximum Gasteiger partial charge on any atom is 0.415 e. The second-order valence-electron chi connectivity index (χ2n) is 23.6. The highest BCUT2D eigenvalue weighted by Gasteiger charge is 2.75. The molecule has 0 unspecified atom stereocenters. The molecule has 504 valence electrons. The number of aryl methyl sites for hydroxylation is 1. The van der Waals surface area contributed by atoms with Gasteiger partial charge in [0.15, 0.2) is 5.75 Å². The minimum absolute atomic E-state index is 0.0381. The van der Waals surface area contributed by atoms with Gasteiger partial charge in [-0.25, -0.2) is 9.59 Å². The number of aromatic amines is 1. The summed E-state index contributed by atoms with van der Waals surface area (Å²) in [6.07, 6.45) is 6.44. The monoisotopic (exact) mass is 1310 g/mol. The Morgan fingerprint density at radius 3 is 1.96 bits per heavy atom. The van der Waals surface area contributed by atoms with Crippen molar-refractivity contribution in [2.75, 3.05) is 142 Å². The Balaban J connectivity index is 0.660. The Morgan fingerprint density at radius 2 is 1.38 bits per heavy atom. The normalized spacial score (nSPS) is 18.9. The quantitative estimate of drug-likeness (QED) is 0.0185. The molecular formula is C64H83ClN10O18. The predicted molar refractivity (Wildman–Crippen MR) is 339 cm³/mol. The van der Waals surface area contributed by atoms with Crippen LogP contribution >= 0.6 is 11.6 Å². The van der Waals surface area contributed by atoms with Crippen LogP contribution in [0.5, 0.6) is 5.75 Å². The van der Waals surface area contributed by atoms with Crippen molar-refractivity contribution < 1.29 is 86.2 Å². The third kappa shape index (κ3) is 18.3. The van der Waals surface area contributed by atoms with E-state index in [-0.39, 0.29) is 106 Å². The lowest BCUT2D eigenvalue weighted by atomic mass is 9.34. The first-order valence-corrected chi connectivity index (χ1v) is 31.3. The van der Waals surface area contributed by atoms with E-state index >= 15 is 0 Å². The maximum absolute atomic E-state index is 14.5. The van der Waals surface area contributed by atoms with Gasteiger partial charge in [-0.2, -0.15) is 0 Å². The lowest BCUT2D eigenvalue weighted by Crippen LogP contribution is -2.72.